The van der Waals surface area contributed by atoms with Gasteiger partial charge < -0.3 is 14.8 Å². The average molecular weight is 372 g/mol. The summed E-state index contributed by atoms with van der Waals surface area (Å²) in [4.78, 5) is 12.0. The molecular weight excluding hydrogens is 344 g/mol. The maximum absolute atomic E-state index is 12.0. The van der Waals surface area contributed by atoms with Crippen molar-refractivity contribution in [3.63, 3.8) is 0 Å². The number of ether oxygens (including phenoxy) is 2. The van der Waals surface area contributed by atoms with Gasteiger partial charge in [-0.2, -0.15) is 4.31 Å². The summed E-state index contributed by atoms with van der Waals surface area (Å²) in [5.74, 6) is 1.11. The third kappa shape index (κ3) is 7.31. The van der Waals surface area contributed by atoms with Crippen molar-refractivity contribution in [2.24, 2.45) is 5.92 Å². The predicted octanol–water partition coefficient (Wildman–Crippen LogP) is 1.28. The first kappa shape index (κ1) is 21.2. The molecule has 0 bridgehead atoms. The second-order valence-corrected chi connectivity index (χ2v) is 8.22. The van der Waals surface area contributed by atoms with Crippen molar-refractivity contribution >= 4 is 15.9 Å². The van der Waals surface area contributed by atoms with Crippen LogP contribution in [0.15, 0.2) is 18.2 Å². The highest BCUT2D eigenvalue weighted by atomic mass is 32.2. The molecule has 8 heteroatoms. The highest BCUT2D eigenvalue weighted by Crippen LogP contribution is 2.27. The minimum Gasteiger partial charge on any atom is -0.493 e. The number of hydrogen-bond acceptors (Lipinski definition) is 5. The molecule has 0 unspecified atom stereocenters. The number of nitrogens with one attached hydrogen (secondary N) is 1. The van der Waals surface area contributed by atoms with E-state index in [4.69, 9.17) is 9.47 Å². The van der Waals surface area contributed by atoms with E-state index in [1.54, 1.807) is 14.2 Å². The first-order valence-electron chi connectivity index (χ1n) is 8.10. The van der Waals surface area contributed by atoms with E-state index in [1.165, 1.54) is 4.31 Å². The summed E-state index contributed by atoms with van der Waals surface area (Å²) in [5, 5.41) is 2.76. The second-order valence-electron chi connectivity index (χ2n) is 6.24. The van der Waals surface area contributed by atoms with Crippen LogP contribution in [0.4, 0.5) is 0 Å². The van der Waals surface area contributed by atoms with Gasteiger partial charge in [-0.3, -0.25) is 4.79 Å². The SMILES string of the molecule is COc1ccc(CCNC(=O)CN(CC(C)C)S(C)(=O)=O)cc1OC. The number of hydrogen-bond donors (Lipinski definition) is 1. The van der Waals surface area contributed by atoms with E-state index in [0.29, 0.717) is 31.0 Å². The summed E-state index contributed by atoms with van der Waals surface area (Å²) in [6.07, 6.45) is 1.72. The zero-order chi connectivity index (χ0) is 19.0. The smallest absolute Gasteiger partial charge is 0.235 e. The van der Waals surface area contributed by atoms with Crippen molar-refractivity contribution in [3.8, 4) is 11.5 Å². The first-order chi connectivity index (χ1) is 11.7. The lowest BCUT2D eigenvalue weighted by atomic mass is 10.1. The molecule has 0 heterocycles. The van der Waals surface area contributed by atoms with Crippen LogP contribution in [0.25, 0.3) is 0 Å². The lowest BCUT2D eigenvalue weighted by Crippen LogP contribution is -2.42. The number of benzene rings is 1. The summed E-state index contributed by atoms with van der Waals surface area (Å²) in [6.45, 7) is 4.39. The number of nitrogens with zero attached hydrogens (tertiary/aromatic N) is 1. The van der Waals surface area contributed by atoms with Crippen molar-refractivity contribution in [2.45, 2.75) is 20.3 Å². The fourth-order valence-corrected chi connectivity index (χ4v) is 3.24. The molecule has 0 aromatic heterocycles. The molecule has 0 aliphatic carbocycles. The molecule has 1 rings (SSSR count). The van der Waals surface area contributed by atoms with Gasteiger partial charge in [0.25, 0.3) is 0 Å². The van der Waals surface area contributed by atoms with Crippen molar-refractivity contribution in [3.05, 3.63) is 23.8 Å². The Balaban J connectivity index is 2.56. The average Bonchev–Trinajstić information content (AvgIpc) is 2.52. The van der Waals surface area contributed by atoms with Gasteiger partial charge in [0.1, 0.15) is 0 Å². The first-order valence-corrected chi connectivity index (χ1v) is 9.95. The van der Waals surface area contributed by atoms with Crippen molar-refractivity contribution in [1.29, 1.82) is 0 Å². The number of amides is 1. The molecule has 0 aliphatic rings. The van der Waals surface area contributed by atoms with Crippen LogP contribution >= 0.6 is 0 Å². The van der Waals surface area contributed by atoms with Crippen LogP contribution in [-0.4, -0.2) is 58.7 Å². The Hall–Kier alpha value is -1.80. The molecule has 0 spiro atoms. The zero-order valence-corrected chi connectivity index (χ0v) is 16.4. The van der Waals surface area contributed by atoms with E-state index >= 15 is 0 Å². The Morgan fingerprint density at radius 2 is 1.84 bits per heavy atom. The topological polar surface area (TPSA) is 84.9 Å². The van der Waals surface area contributed by atoms with Gasteiger partial charge in [0.2, 0.25) is 15.9 Å². The molecule has 0 aliphatic heterocycles. The predicted molar refractivity (Wildman–Crippen MR) is 97.5 cm³/mol. The van der Waals surface area contributed by atoms with Crippen LogP contribution in [0, 0.1) is 5.92 Å². The van der Waals surface area contributed by atoms with E-state index in [0.717, 1.165) is 11.8 Å². The molecule has 1 N–H and O–H groups in total. The Kier molecular flexibility index (Phi) is 8.18. The number of carbonyl (C=O) groups excluding carboxylic acids is 1. The van der Waals surface area contributed by atoms with Gasteiger partial charge >= 0.3 is 0 Å². The Labute approximate surface area is 150 Å². The van der Waals surface area contributed by atoms with Crippen molar-refractivity contribution in [1.82, 2.24) is 9.62 Å². The van der Waals surface area contributed by atoms with Gasteiger partial charge in [-0.1, -0.05) is 19.9 Å². The lowest BCUT2D eigenvalue weighted by molar-refractivity contribution is -0.121. The molecule has 0 saturated heterocycles. The van der Waals surface area contributed by atoms with Crippen LogP contribution < -0.4 is 14.8 Å². The largest absolute Gasteiger partial charge is 0.493 e. The van der Waals surface area contributed by atoms with Crippen LogP contribution in [0.1, 0.15) is 19.4 Å². The van der Waals surface area contributed by atoms with E-state index in [9.17, 15) is 13.2 Å². The third-order valence-corrected chi connectivity index (χ3v) is 4.76. The normalized spacial score (nSPS) is 11.6. The van der Waals surface area contributed by atoms with Gasteiger partial charge in [0, 0.05) is 13.1 Å². The Morgan fingerprint density at radius 1 is 1.20 bits per heavy atom. The minimum atomic E-state index is -3.41. The van der Waals surface area contributed by atoms with Crippen LogP contribution in [0.3, 0.4) is 0 Å². The summed E-state index contributed by atoms with van der Waals surface area (Å²) < 4.78 is 35.1. The van der Waals surface area contributed by atoms with Crippen LogP contribution in [0.5, 0.6) is 11.5 Å². The second kappa shape index (κ2) is 9.62. The third-order valence-electron chi connectivity index (χ3n) is 3.54. The number of carbonyl (C=O) groups is 1. The summed E-state index contributed by atoms with van der Waals surface area (Å²) in [7, 11) is -0.268. The van der Waals surface area contributed by atoms with Crippen LogP contribution in [0.2, 0.25) is 0 Å². The minimum absolute atomic E-state index is 0.147. The fourth-order valence-electron chi connectivity index (χ4n) is 2.32. The van der Waals surface area contributed by atoms with Gasteiger partial charge in [-0.15, -0.1) is 0 Å². The van der Waals surface area contributed by atoms with Gasteiger partial charge in [0.05, 0.1) is 27.0 Å². The van der Waals surface area contributed by atoms with Gasteiger partial charge in [-0.05, 0) is 30.0 Å². The van der Waals surface area contributed by atoms with Gasteiger partial charge in [0.15, 0.2) is 11.5 Å². The van der Waals surface area contributed by atoms with Crippen LogP contribution in [-0.2, 0) is 21.2 Å². The van der Waals surface area contributed by atoms with Crippen molar-refractivity contribution in [2.75, 3.05) is 40.1 Å². The molecule has 25 heavy (non-hydrogen) atoms. The highest BCUT2D eigenvalue weighted by Gasteiger charge is 2.20. The molecule has 0 atom stereocenters. The highest BCUT2D eigenvalue weighted by molar-refractivity contribution is 7.88. The molecular formula is C17H28N2O5S. The van der Waals surface area contributed by atoms with E-state index < -0.39 is 10.0 Å². The Bertz CT molecular complexity index is 674. The molecule has 1 amide bonds. The van der Waals surface area contributed by atoms with Crippen molar-refractivity contribution < 1.29 is 22.7 Å². The maximum Gasteiger partial charge on any atom is 0.235 e. The molecule has 0 fully saturated rings. The monoisotopic (exact) mass is 372 g/mol. The summed E-state index contributed by atoms with van der Waals surface area (Å²) in [6, 6.07) is 5.56. The molecule has 0 saturated carbocycles. The molecule has 1 aromatic rings. The fraction of sp³-hybridized carbons (Fsp3) is 0.588. The number of methoxy groups -OCH3 is 2. The molecule has 1 aromatic carbocycles. The zero-order valence-electron chi connectivity index (χ0n) is 15.5. The maximum atomic E-state index is 12.0. The van der Waals surface area contributed by atoms with Gasteiger partial charge in [-0.25, -0.2) is 8.42 Å². The van der Waals surface area contributed by atoms with E-state index in [-0.39, 0.29) is 18.4 Å². The molecule has 7 nitrogen and oxygen atoms in total. The standard InChI is InChI=1S/C17H28N2O5S/c1-13(2)11-19(25(5,21)22)12-17(20)18-9-8-14-6-7-15(23-3)16(10-14)24-4/h6-7,10,13H,8-9,11-12H2,1-5H3,(H,18,20). The summed E-state index contributed by atoms with van der Waals surface area (Å²) in [5.41, 5.74) is 0.986. The number of sulfonamides is 1. The summed E-state index contributed by atoms with van der Waals surface area (Å²) >= 11 is 0. The number of rotatable bonds is 10. The lowest BCUT2D eigenvalue weighted by Gasteiger charge is -2.21. The van der Waals surface area contributed by atoms with E-state index in [2.05, 4.69) is 5.32 Å². The van der Waals surface area contributed by atoms with E-state index in [1.807, 2.05) is 32.0 Å². The molecule has 142 valence electrons. The quantitative estimate of drug-likeness (QED) is 0.669. The Morgan fingerprint density at radius 3 is 2.36 bits per heavy atom. The molecule has 0 radical (unpaired) electrons.